The molecule has 6 heteroatoms. The summed E-state index contributed by atoms with van der Waals surface area (Å²) in [6, 6.07) is 17.6. The molecule has 0 aliphatic carbocycles. The summed E-state index contributed by atoms with van der Waals surface area (Å²) in [5, 5.41) is 9.06. The number of halogens is 1. The van der Waals surface area contributed by atoms with Gasteiger partial charge >= 0.3 is 5.97 Å². The highest BCUT2D eigenvalue weighted by molar-refractivity contribution is 6.34. The Morgan fingerprint density at radius 3 is 2.17 bits per heavy atom. The summed E-state index contributed by atoms with van der Waals surface area (Å²) in [7, 11) is 0. The number of hydrogen-bond donors (Lipinski definition) is 2. The number of hydrogen-bond acceptors (Lipinski definition) is 2. The number of nitrogens with two attached hydrogens (primary N) is 1. The molecule has 0 saturated carbocycles. The lowest BCUT2D eigenvalue weighted by Gasteiger charge is -2.10. The zero-order chi connectivity index (χ0) is 21.1. The van der Waals surface area contributed by atoms with E-state index < -0.39 is 11.9 Å². The van der Waals surface area contributed by atoms with Crippen LogP contribution in [0.25, 0.3) is 11.1 Å². The molecule has 1 amide bonds. The van der Waals surface area contributed by atoms with Crippen molar-refractivity contribution in [3.05, 3.63) is 93.5 Å². The number of carboxylic acid groups (broad SMARTS) is 1. The first kappa shape index (κ1) is 20.3. The smallest absolute Gasteiger partial charge is 0.337 e. The molecule has 29 heavy (non-hydrogen) atoms. The normalized spacial score (nSPS) is 11.3. The summed E-state index contributed by atoms with van der Waals surface area (Å²) in [5.41, 5.74) is 10.9. The molecule has 3 aromatic rings. The molecule has 0 aliphatic heterocycles. The Bertz CT molecular complexity index is 1150. The van der Waals surface area contributed by atoms with E-state index in [1.807, 2.05) is 44.2 Å². The third-order valence-corrected chi connectivity index (χ3v) is 4.94. The van der Waals surface area contributed by atoms with Crippen molar-refractivity contribution in [2.45, 2.75) is 13.8 Å². The van der Waals surface area contributed by atoms with Crippen LogP contribution in [0.5, 0.6) is 0 Å². The van der Waals surface area contributed by atoms with Gasteiger partial charge in [0, 0.05) is 11.1 Å². The lowest BCUT2D eigenvalue weighted by atomic mass is 9.95. The van der Waals surface area contributed by atoms with Gasteiger partial charge in [0.15, 0.2) is 0 Å². The molecule has 0 heterocycles. The van der Waals surface area contributed by atoms with Crippen LogP contribution < -0.4 is 5.73 Å². The Balaban J connectivity index is 1.89. The zero-order valence-electron chi connectivity index (χ0n) is 15.9. The standard InChI is InChI=1S/C23H19ClN2O3/c1-13-5-3-4-6-17(13)18-9-8-16(11-14(18)2)22(27)26-21(25)15-7-10-19(23(28)29)20(24)12-15/h3-12H,1-2H3,(H,28,29)(H2,25,26,27). The van der Waals surface area contributed by atoms with Gasteiger partial charge in [0.2, 0.25) is 0 Å². The van der Waals surface area contributed by atoms with Crippen molar-refractivity contribution in [2.24, 2.45) is 10.7 Å². The molecule has 0 radical (unpaired) electrons. The summed E-state index contributed by atoms with van der Waals surface area (Å²) in [4.78, 5) is 27.6. The number of nitrogens with zero attached hydrogens (tertiary/aromatic N) is 1. The molecule has 0 fully saturated rings. The Morgan fingerprint density at radius 2 is 1.55 bits per heavy atom. The Morgan fingerprint density at radius 1 is 0.897 bits per heavy atom. The van der Waals surface area contributed by atoms with Crippen LogP contribution in [0.4, 0.5) is 0 Å². The SMILES string of the molecule is Cc1ccccc1-c1ccc(C(=O)N=C(N)c2ccc(C(=O)O)c(Cl)c2)cc1C. The number of amidine groups is 1. The highest BCUT2D eigenvalue weighted by atomic mass is 35.5. The predicted molar refractivity (Wildman–Crippen MR) is 115 cm³/mol. The number of aliphatic imine (C=N–C) groups is 1. The summed E-state index contributed by atoms with van der Waals surface area (Å²) >= 11 is 5.95. The van der Waals surface area contributed by atoms with E-state index in [1.54, 1.807) is 12.1 Å². The first-order chi connectivity index (χ1) is 13.8. The maximum absolute atomic E-state index is 12.6. The van der Waals surface area contributed by atoms with Crippen molar-refractivity contribution in [3.63, 3.8) is 0 Å². The molecule has 0 atom stereocenters. The van der Waals surface area contributed by atoms with E-state index in [2.05, 4.69) is 4.99 Å². The second-order valence-electron chi connectivity index (χ2n) is 6.65. The average Bonchev–Trinajstić information content (AvgIpc) is 2.68. The quantitative estimate of drug-likeness (QED) is 0.477. The summed E-state index contributed by atoms with van der Waals surface area (Å²) in [6.07, 6.45) is 0. The molecular weight excluding hydrogens is 388 g/mol. The number of benzene rings is 3. The van der Waals surface area contributed by atoms with E-state index in [4.69, 9.17) is 22.4 Å². The second kappa shape index (κ2) is 8.29. The minimum absolute atomic E-state index is 0.0269. The first-order valence-corrected chi connectivity index (χ1v) is 9.24. The Labute approximate surface area is 173 Å². The number of aryl methyl sites for hydroxylation is 2. The molecule has 3 rings (SSSR count). The van der Waals surface area contributed by atoms with E-state index in [0.29, 0.717) is 11.1 Å². The van der Waals surface area contributed by atoms with Crippen LogP contribution in [0.2, 0.25) is 5.02 Å². The van der Waals surface area contributed by atoms with Gasteiger partial charge < -0.3 is 10.8 Å². The minimum atomic E-state index is -1.14. The second-order valence-corrected chi connectivity index (χ2v) is 7.05. The van der Waals surface area contributed by atoms with Crippen LogP contribution >= 0.6 is 11.6 Å². The molecule has 0 bridgehead atoms. The fraction of sp³-hybridized carbons (Fsp3) is 0.0870. The van der Waals surface area contributed by atoms with Crippen LogP contribution in [-0.4, -0.2) is 22.8 Å². The third kappa shape index (κ3) is 4.36. The molecular formula is C23H19ClN2O3. The van der Waals surface area contributed by atoms with Crippen molar-refractivity contribution in [1.82, 2.24) is 0 Å². The highest BCUT2D eigenvalue weighted by Gasteiger charge is 2.13. The van der Waals surface area contributed by atoms with E-state index in [9.17, 15) is 9.59 Å². The van der Waals surface area contributed by atoms with Crippen LogP contribution in [0, 0.1) is 13.8 Å². The number of carbonyl (C=O) groups excluding carboxylic acids is 1. The Hall–Kier alpha value is -3.44. The number of carbonyl (C=O) groups is 2. The molecule has 5 nitrogen and oxygen atoms in total. The van der Waals surface area contributed by atoms with Crippen LogP contribution in [0.1, 0.15) is 37.4 Å². The summed E-state index contributed by atoms with van der Waals surface area (Å²) in [6.45, 7) is 3.98. The lowest BCUT2D eigenvalue weighted by molar-refractivity contribution is 0.0697. The number of aromatic carboxylic acids is 1. The fourth-order valence-corrected chi connectivity index (χ4v) is 3.32. The fourth-order valence-electron chi connectivity index (χ4n) is 3.06. The van der Waals surface area contributed by atoms with Gasteiger partial charge in [-0.1, -0.05) is 48.0 Å². The summed E-state index contributed by atoms with van der Waals surface area (Å²) in [5.74, 6) is -1.66. The lowest BCUT2D eigenvalue weighted by Crippen LogP contribution is -2.16. The molecule has 0 aliphatic rings. The van der Waals surface area contributed by atoms with Gasteiger partial charge in [-0.25, -0.2) is 4.79 Å². The van der Waals surface area contributed by atoms with E-state index >= 15 is 0 Å². The van der Waals surface area contributed by atoms with Crippen molar-refractivity contribution in [1.29, 1.82) is 0 Å². The molecule has 0 unspecified atom stereocenters. The maximum atomic E-state index is 12.6. The van der Waals surface area contributed by atoms with Gasteiger partial charge in [-0.2, -0.15) is 4.99 Å². The van der Waals surface area contributed by atoms with Gasteiger partial charge in [-0.3, -0.25) is 4.79 Å². The molecule has 0 saturated heterocycles. The van der Waals surface area contributed by atoms with Crippen molar-refractivity contribution < 1.29 is 14.7 Å². The van der Waals surface area contributed by atoms with Gasteiger partial charge in [0.25, 0.3) is 5.91 Å². The molecule has 0 aromatic heterocycles. The maximum Gasteiger partial charge on any atom is 0.337 e. The van der Waals surface area contributed by atoms with Gasteiger partial charge in [0.05, 0.1) is 10.6 Å². The van der Waals surface area contributed by atoms with Gasteiger partial charge in [0.1, 0.15) is 5.84 Å². The highest BCUT2D eigenvalue weighted by Crippen LogP contribution is 2.27. The summed E-state index contributed by atoms with van der Waals surface area (Å²) < 4.78 is 0. The first-order valence-electron chi connectivity index (χ1n) is 8.86. The monoisotopic (exact) mass is 406 g/mol. The molecule has 146 valence electrons. The average molecular weight is 407 g/mol. The number of amides is 1. The van der Waals surface area contributed by atoms with Crippen molar-refractivity contribution >= 4 is 29.3 Å². The minimum Gasteiger partial charge on any atom is -0.478 e. The van der Waals surface area contributed by atoms with Crippen LogP contribution in [0.3, 0.4) is 0 Å². The largest absolute Gasteiger partial charge is 0.478 e. The topological polar surface area (TPSA) is 92.8 Å². The zero-order valence-corrected chi connectivity index (χ0v) is 16.7. The predicted octanol–water partition coefficient (Wildman–Crippen LogP) is 4.87. The van der Waals surface area contributed by atoms with Crippen molar-refractivity contribution in [2.75, 3.05) is 0 Å². The van der Waals surface area contributed by atoms with E-state index in [1.165, 1.54) is 18.2 Å². The Kier molecular flexibility index (Phi) is 5.80. The van der Waals surface area contributed by atoms with E-state index in [-0.39, 0.29) is 16.4 Å². The molecule has 3 aromatic carbocycles. The van der Waals surface area contributed by atoms with Crippen LogP contribution in [0.15, 0.2) is 65.7 Å². The third-order valence-electron chi connectivity index (χ3n) is 4.63. The van der Waals surface area contributed by atoms with Gasteiger partial charge in [-0.05, 0) is 60.4 Å². The number of rotatable bonds is 4. The molecule has 0 spiro atoms. The van der Waals surface area contributed by atoms with Crippen molar-refractivity contribution in [3.8, 4) is 11.1 Å². The number of carboxylic acids is 1. The van der Waals surface area contributed by atoms with E-state index in [0.717, 1.165) is 22.3 Å². The van der Waals surface area contributed by atoms with Crippen LogP contribution in [-0.2, 0) is 0 Å². The molecule has 3 N–H and O–H groups in total. The van der Waals surface area contributed by atoms with Gasteiger partial charge in [-0.15, -0.1) is 0 Å².